The number of nitrogens with one attached hydrogen (secondary N) is 1. The van der Waals surface area contributed by atoms with Crippen molar-refractivity contribution >= 4 is 5.84 Å². The Bertz CT molecular complexity index is 235. The summed E-state index contributed by atoms with van der Waals surface area (Å²) in [6.45, 7) is 0. The van der Waals surface area contributed by atoms with Gasteiger partial charge in [-0.25, -0.2) is 5.84 Å². The lowest BCUT2D eigenvalue weighted by Gasteiger charge is -2.37. The molecule has 3 nitrogen and oxygen atoms in total. The highest BCUT2D eigenvalue weighted by Gasteiger charge is 2.40. The number of nitrogens with zero attached hydrogens (tertiary/aromatic N) is 1. The maximum absolute atomic E-state index is 5.51. The van der Waals surface area contributed by atoms with Crippen LogP contribution in [0.2, 0.25) is 0 Å². The first-order valence-corrected chi connectivity index (χ1v) is 5.39. The van der Waals surface area contributed by atoms with Gasteiger partial charge in [-0.1, -0.05) is 0 Å². The summed E-state index contributed by atoms with van der Waals surface area (Å²) in [5, 5.41) is 0. The summed E-state index contributed by atoms with van der Waals surface area (Å²) in [7, 11) is 0. The van der Waals surface area contributed by atoms with Gasteiger partial charge >= 0.3 is 0 Å². The van der Waals surface area contributed by atoms with E-state index in [4.69, 9.17) is 10.8 Å². The van der Waals surface area contributed by atoms with Gasteiger partial charge < -0.3 is 5.43 Å². The van der Waals surface area contributed by atoms with Crippen LogP contribution in [-0.4, -0.2) is 11.9 Å². The Morgan fingerprint density at radius 3 is 2.38 bits per heavy atom. The second kappa shape index (κ2) is 2.71. The van der Waals surface area contributed by atoms with Gasteiger partial charge in [0.2, 0.25) is 0 Å². The molecule has 4 bridgehead atoms. The third-order valence-electron chi connectivity index (χ3n) is 3.97. The molecule has 13 heavy (non-hydrogen) atoms. The van der Waals surface area contributed by atoms with Gasteiger partial charge in [-0.15, -0.1) is 0 Å². The van der Waals surface area contributed by atoms with E-state index < -0.39 is 0 Å². The summed E-state index contributed by atoms with van der Waals surface area (Å²) in [6.07, 6.45) is 6.75. The second-order valence-corrected chi connectivity index (χ2v) is 4.92. The highest BCUT2D eigenvalue weighted by Crippen LogP contribution is 2.46. The summed E-state index contributed by atoms with van der Waals surface area (Å²) in [5.74, 6) is 9.14. The minimum Gasteiger partial charge on any atom is -0.312 e. The van der Waals surface area contributed by atoms with Crippen LogP contribution in [0.5, 0.6) is 0 Å². The van der Waals surface area contributed by atoms with Gasteiger partial charge in [0.25, 0.3) is 0 Å². The molecule has 3 N–H and O–H groups in total. The van der Waals surface area contributed by atoms with E-state index >= 15 is 0 Å². The van der Waals surface area contributed by atoms with Crippen molar-refractivity contribution in [2.24, 2.45) is 28.6 Å². The molecule has 2 aliphatic heterocycles. The monoisotopic (exact) mass is 179 g/mol. The Kier molecular flexibility index (Phi) is 1.62. The smallest absolute Gasteiger partial charge is 0.114 e. The molecule has 72 valence electrons. The van der Waals surface area contributed by atoms with Crippen LogP contribution >= 0.6 is 0 Å². The first kappa shape index (κ1) is 7.80. The summed E-state index contributed by atoms with van der Waals surface area (Å²) in [4.78, 5) is 4.72. The fraction of sp³-hybridized carbons (Fsp3) is 0.900. The van der Waals surface area contributed by atoms with Gasteiger partial charge in [0.15, 0.2) is 0 Å². The molecule has 0 aromatic rings. The average molecular weight is 179 g/mol. The van der Waals surface area contributed by atoms with Crippen LogP contribution in [0.3, 0.4) is 0 Å². The molecule has 4 aliphatic rings. The van der Waals surface area contributed by atoms with E-state index in [1.807, 2.05) is 0 Å². The van der Waals surface area contributed by atoms with E-state index in [1.165, 1.54) is 32.1 Å². The number of amidine groups is 1. The molecule has 0 aromatic heterocycles. The van der Waals surface area contributed by atoms with E-state index in [0.717, 1.165) is 17.7 Å². The number of nitrogens with two attached hydrogens (primary N) is 1. The SMILES string of the molecule is NNC1=NC2C[C@H]3CC1C[C@H](C2)C3. The second-order valence-electron chi connectivity index (χ2n) is 4.92. The molecular weight excluding hydrogens is 162 g/mol. The molecule has 3 heteroatoms. The molecule has 0 radical (unpaired) electrons. The van der Waals surface area contributed by atoms with Crippen molar-refractivity contribution < 1.29 is 0 Å². The average Bonchev–Trinajstić information content (AvgIpc) is 2.29. The number of hydrogen-bond acceptors (Lipinski definition) is 3. The number of hydrogen-bond donors (Lipinski definition) is 2. The van der Waals surface area contributed by atoms with Gasteiger partial charge in [-0.05, 0) is 43.9 Å². The fourth-order valence-electron chi connectivity index (χ4n) is 3.60. The lowest BCUT2D eigenvalue weighted by atomic mass is 9.68. The third kappa shape index (κ3) is 1.17. The molecule has 2 saturated carbocycles. The van der Waals surface area contributed by atoms with Crippen LogP contribution < -0.4 is 11.3 Å². The summed E-state index contributed by atoms with van der Waals surface area (Å²) >= 11 is 0. The Morgan fingerprint density at radius 1 is 1.08 bits per heavy atom. The van der Waals surface area contributed by atoms with Crippen LogP contribution in [0.15, 0.2) is 4.99 Å². The zero-order valence-electron chi connectivity index (χ0n) is 7.87. The van der Waals surface area contributed by atoms with E-state index in [1.54, 1.807) is 0 Å². The first-order valence-electron chi connectivity index (χ1n) is 5.39. The summed E-state index contributed by atoms with van der Waals surface area (Å²) in [5.41, 5.74) is 2.81. The maximum Gasteiger partial charge on any atom is 0.114 e. The zero-order chi connectivity index (χ0) is 8.84. The number of aliphatic imine (C=N–C) groups is 1. The van der Waals surface area contributed by atoms with Crippen molar-refractivity contribution in [3.8, 4) is 0 Å². The normalized spacial score (nSPS) is 47.3. The van der Waals surface area contributed by atoms with Crippen molar-refractivity contribution in [3.05, 3.63) is 0 Å². The Balaban J connectivity index is 1.94. The van der Waals surface area contributed by atoms with Crippen molar-refractivity contribution in [2.75, 3.05) is 0 Å². The predicted octanol–water partition coefficient (Wildman–Crippen LogP) is 1.06. The van der Waals surface area contributed by atoms with Crippen LogP contribution in [0.25, 0.3) is 0 Å². The van der Waals surface area contributed by atoms with Gasteiger partial charge in [-0.2, -0.15) is 0 Å². The molecule has 0 unspecified atom stereocenters. The molecule has 0 spiro atoms. The quantitative estimate of drug-likeness (QED) is 0.431. The molecule has 2 heterocycles. The number of rotatable bonds is 0. The van der Waals surface area contributed by atoms with Crippen molar-refractivity contribution in [3.63, 3.8) is 0 Å². The summed E-state index contributed by atoms with van der Waals surface area (Å²) < 4.78 is 0. The van der Waals surface area contributed by atoms with E-state index in [2.05, 4.69) is 5.43 Å². The van der Waals surface area contributed by atoms with E-state index in [-0.39, 0.29) is 0 Å². The van der Waals surface area contributed by atoms with Gasteiger partial charge in [0, 0.05) is 5.92 Å². The first-order chi connectivity index (χ1) is 6.35. The minimum atomic E-state index is 0.585. The standard InChI is InChI=1S/C10H17N3/c11-13-10-8-2-6-1-7(3-8)5-9(4-6)12-10/h6-9H,1-5,11H2,(H,12,13)/t6-,7-,8?,9?/m1/s1. The summed E-state index contributed by atoms with van der Waals surface area (Å²) in [6, 6.07) is 0.585. The highest BCUT2D eigenvalue weighted by atomic mass is 15.3. The Hall–Kier alpha value is -0.570. The lowest BCUT2D eigenvalue weighted by molar-refractivity contribution is 0.161. The zero-order valence-corrected chi connectivity index (χ0v) is 7.87. The molecular formula is C10H17N3. The Morgan fingerprint density at radius 2 is 1.77 bits per heavy atom. The van der Waals surface area contributed by atoms with Crippen molar-refractivity contribution in [2.45, 2.75) is 38.1 Å². The predicted molar refractivity (Wildman–Crippen MR) is 52.1 cm³/mol. The van der Waals surface area contributed by atoms with Crippen LogP contribution in [0.1, 0.15) is 32.1 Å². The van der Waals surface area contributed by atoms with Gasteiger partial charge in [0.1, 0.15) is 5.84 Å². The van der Waals surface area contributed by atoms with E-state index in [0.29, 0.717) is 12.0 Å². The van der Waals surface area contributed by atoms with Crippen molar-refractivity contribution in [1.29, 1.82) is 0 Å². The fourth-order valence-corrected chi connectivity index (χ4v) is 3.60. The van der Waals surface area contributed by atoms with Crippen LogP contribution in [0.4, 0.5) is 0 Å². The third-order valence-corrected chi connectivity index (χ3v) is 3.97. The largest absolute Gasteiger partial charge is 0.312 e. The van der Waals surface area contributed by atoms with E-state index in [9.17, 15) is 0 Å². The molecule has 2 atom stereocenters. The van der Waals surface area contributed by atoms with Crippen LogP contribution in [0, 0.1) is 17.8 Å². The topological polar surface area (TPSA) is 50.4 Å². The highest BCUT2D eigenvalue weighted by molar-refractivity contribution is 5.84. The molecule has 4 rings (SSSR count). The molecule has 0 saturated heterocycles. The maximum atomic E-state index is 5.51. The van der Waals surface area contributed by atoms with Gasteiger partial charge in [0.05, 0.1) is 6.04 Å². The molecule has 2 aliphatic carbocycles. The van der Waals surface area contributed by atoms with Crippen molar-refractivity contribution in [1.82, 2.24) is 5.43 Å². The number of hydrazine groups is 1. The van der Waals surface area contributed by atoms with Gasteiger partial charge in [-0.3, -0.25) is 4.99 Å². The molecule has 0 amide bonds. The lowest BCUT2D eigenvalue weighted by Crippen LogP contribution is -2.38. The Labute approximate surface area is 78.8 Å². The molecule has 0 aromatic carbocycles. The minimum absolute atomic E-state index is 0.585. The molecule has 2 fully saturated rings. The van der Waals surface area contributed by atoms with Crippen LogP contribution in [-0.2, 0) is 0 Å².